The zero-order chi connectivity index (χ0) is 16.7. The summed E-state index contributed by atoms with van der Waals surface area (Å²) in [6.07, 6.45) is 3.26. The van der Waals surface area contributed by atoms with Gasteiger partial charge in [-0.15, -0.1) is 0 Å². The number of benzene rings is 1. The Hall–Kier alpha value is -2.79. The van der Waals surface area contributed by atoms with Crippen LogP contribution in [0.2, 0.25) is 5.02 Å². The Morgan fingerprint density at radius 2 is 1.96 bits per heavy atom. The number of fused-ring (bicyclic) bond motifs is 1. The second kappa shape index (κ2) is 5.69. The Bertz CT molecular complexity index is 1030. The molecular weight excluding hydrogens is 329 g/mol. The van der Waals surface area contributed by atoms with Gasteiger partial charge in [-0.05, 0) is 30.3 Å². The zero-order valence-corrected chi connectivity index (χ0v) is 13.1. The van der Waals surface area contributed by atoms with Crippen LogP contribution in [-0.4, -0.2) is 27.3 Å². The van der Waals surface area contributed by atoms with E-state index >= 15 is 0 Å². The van der Waals surface area contributed by atoms with E-state index in [0.29, 0.717) is 39.6 Å². The standard InChI is InChI=1S/C18H11ClFN3O/c19-10-1-2-14(20)13(7-10)18-12(5-6-21-18)15-3-4-16-17(23-15)8-11(24)9-22-16/h1-5,7-9,24H,6H2. The van der Waals surface area contributed by atoms with Crippen LogP contribution < -0.4 is 0 Å². The first kappa shape index (κ1) is 14.8. The number of pyridine rings is 2. The predicted molar refractivity (Wildman–Crippen MR) is 92.0 cm³/mol. The second-order valence-corrected chi connectivity index (χ2v) is 5.80. The van der Waals surface area contributed by atoms with Crippen LogP contribution in [0.15, 0.2) is 53.7 Å². The Kier molecular flexibility index (Phi) is 3.50. The molecule has 0 radical (unpaired) electrons. The highest BCUT2D eigenvalue weighted by Gasteiger charge is 2.20. The van der Waals surface area contributed by atoms with E-state index in [1.807, 2.05) is 18.2 Å². The lowest BCUT2D eigenvalue weighted by atomic mass is 10.00. The molecule has 24 heavy (non-hydrogen) atoms. The fraction of sp³-hybridized carbons (Fsp3) is 0.0556. The van der Waals surface area contributed by atoms with Crippen molar-refractivity contribution in [3.8, 4) is 5.75 Å². The number of aliphatic imine (C=N–C) groups is 1. The minimum absolute atomic E-state index is 0.0438. The van der Waals surface area contributed by atoms with Crippen molar-refractivity contribution < 1.29 is 9.50 Å². The molecule has 4 rings (SSSR count). The molecule has 0 saturated carbocycles. The molecule has 4 nitrogen and oxygen atoms in total. The second-order valence-electron chi connectivity index (χ2n) is 5.36. The normalized spacial score (nSPS) is 13.9. The van der Waals surface area contributed by atoms with Gasteiger partial charge in [0.15, 0.2) is 0 Å². The van der Waals surface area contributed by atoms with E-state index in [1.165, 1.54) is 24.4 Å². The monoisotopic (exact) mass is 339 g/mol. The molecule has 3 aromatic rings. The van der Waals surface area contributed by atoms with Gasteiger partial charge in [0.2, 0.25) is 0 Å². The summed E-state index contributed by atoms with van der Waals surface area (Å²) >= 11 is 5.99. The lowest BCUT2D eigenvalue weighted by Crippen LogP contribution is -2.06. The highest BCUT2D eigenvalue weighted by molar-refractivity contribution is 6.35. The van der Waals surface area contributed by atoms with Crippen LogP contribution in [0.1, 0.15) is 11.3 Å². The van der Waals surface area contributed by atoms with Gasteiger partial charge in [-0.2, -0.15) is 0 Å². The molecule has 1 aromatic carbocycles. The molecular formula is C18H11ClFN3O. The van der Waals surface area contributed by atoms with Gasteiger partial charge in [0.05, 0.1) is 35.2 Å². The molecule has 0 bridgehead atoms. The number of aromatic nitrogens is 2. The molecule has 2 aromatic heterocycles. The third kappa shape index (κ3) is 2.53. The number of allylic oxidation sites excluding steroid dienone is 1. The summed E-state index contributed by atoms with van der Waals surface area (Å²) in [6, 6.07) is 9.54. The average Bonchev–Trinajstić information content (AvgIpc) is 3.05. The molecule has 0 fully saturated rings. The minimum atomic E-state index is -0.383. The van der Waals surface area contributed by atoms with Crippen molar-refractivity contribution in [1.82, 2.24) is 9.97 Å². The number of halogens is 2. The number of aromatic hydroxyl groups is 1. The maximum atomic E-state index is 14.2. The first-order valence-electron chi connectivity index (χ1n) is 7.28. The number of hydrogen-bond donors (Lipinski definition) is 1. The molecule has 118 valence electrons. The third-order valence-electron chi connectivity index (χ3n) is 3.78. The van der Waals surface area contributed by atoms with Gasteiger partial charge in [-0.25, -0.2) is 9.37 Å². The first-order chi connectivity index (χ1) is 11.6. The average molecular weight is 340 g/mol. The number of rotatable bonds is 2. The van der Waals surface area contributed by atoms with E-state index in [4.69, 9.17) is 11.6 Å². The van der Waals surface area contributed by atoms with Crippen LogP contribution >= 0.6 is 11.6 Å². The van der Waals surface area contributed by atoms with Crippen molar-refractivity contribution in [3.05, 3.63) is 70.8 Å². The van der Waals surface area contributed by atoms with Gasteiger partial charge in [-0.1, -0.05) is 17.7 Å². The molecule has 1 aliphatic rings. The van der Waals surface area contributed by atoms with E-state index in [9.17, 15) is 9.50 Å². The predicted octanol–water partition coefficient (Wildman–Crippen LogP) is 4.01. The van der Waals surface area contributed by atoms with Crippen LogP contribution in [0.3, 0.4) is 0 Å². The Morgan fingerprint density at radius 1 is 1.08 bits per heavy atom. The summed E-state index contributed by atoms with van der Waals surface area (Å²) in [4.78, 5) is 13.0. The SMILES string of the molecule is Oc1cnc2ccc(C3=CCN=C3c3cc(Cl)ccc3F)nc2c1. The van der Waals surface area contributed by atoms with Crippen LogP contribution in [-0.2, 0) is 0 Å². The van der Waals surface area contributed by atoms with E-state index < -0.39 is 0 Å². The fourth-order valence-corrected chi connectivity index (χ4v) is 2.86. The Labute approximate surface area is 142 Å². The fourth-order valence-electron chi connectivity index (χ4n) is 2.69. The number of nitrogens with zero attached hydrogens (tertiary/aromatic N) is 3. The number of hydrogen-bond acceptors (Lipinski definition) is 4. The lowest BCUT2D eigenvalue weighted by molar-refractivity contribution is 0.473. The largest absolute Gasteiger partial charge is 0.506 e. The van der Waals surface area contributed by atoms with E-state index in [1.54, 1.807) is 6.07 Å². The van der Waals surface area contributed by atoms with E-state index in [0.717, 1.165) is 5.57 Å². The molecule has 0 amide bonds. The quantitative estimate of drug-likeness (QED) is 0.767. The third-order valence-corrected chi connectivity index (χ3v) is 4.02. The lowest BCUT2D eigenvalue weighted by Gasteiger charge is -2.09. The Morgan fingerprint density at radius 3 is 2.83 bits per heavy atom. The summed E-state index contributed by atoms with van der Waals surface area (Å²) < 4.78 is 14.2. The molecule has 0 unspecified atom stereocenters. The molecule has 0 saturated heterocycles. The minimum Gasteiger partial charge on any atom is -0.506 e. The van der Waals surface area contributed by atoms with E-state index in [-0.39, 0.29) is 11.6 Å². The smallest absolute Gasteiger partial charge is 0.136 e. The maximum absolute atomic E-state index is 14.2. The summed E-state index contributed by atoms with van der Waals surface area (Å²) in [5.41, 5.74) is 3.48. The van der Waals surface area contributed by atoms with Gasteiger partial charge in [0, 0.05) is 22.2 Å². The summed E-state index contributed by atoms with van der Waals surface area (Å²) in [5, 5.41) is 10.0. The van der Waals surface area contributed by atoms with E-state index in [2.05, 4.69) is 15.0 Å². The van der Waals surface area contributed by atoms with Crippen molar-refractivity contribution in [2.24, 2.45) is 4.99 Å². The van der Waals surface area contributed by atoms with Gasteiger partial charge in [0.25, 0.3) is 0 Å². The molecule has 1 aliphatic heterocycles. The van der Waals surface area contributed by atoms with Crippen LogP contribution in [0.25, 0.3) is 16.6 Å². The van der Waals surface area contributed by atoms with Gasteiger partial charge < -0.3 is 5.11 Å². The van der Waals surface area contributed by atoms with Crippen LogP contribution in [0, 0.1) is 5.82 Å². The zero-order valence-electron chi connectivity index (χ0n) is 12.4. The van der Waals surface area contributed by atoms with Crippen molar-refractivity contribution in [1.29, 1.82) is 0 Å². The van der Waals surface area contributed by atoms with Gasteiger partial charge in [-0.3, -0.25) is 9.98 Å². The summed E-state index contributed by atoms with van der Waals surface area (Å²) in [5.74, 6) is -0.339. The summed E-state index contributed by atoms with van der Waals surface area (Å²) in [7, 11) is 0. The van der Waals surface area contributed by atoms with Crippen molar-refractivity contribution >= 4 is 33.9 Å². The highest BCUT2D eigenvalue weighted by Crippen LogP contribution is 2.28. The highest BCUT2D eigenvalue weighted by atomic mass is 35.5. The van der Waals surface area contributed by atoms with Gasteiger partial charge >= 0.3 is 0 Å². The van der Waals surface area contributed by atoms with Gasteiger partial charge in [0.1, 0.15) is 11.6 Å². The maximum Gasteiger partial charge on any atom is 0.136 e. The topological polar surface area (TPSA) is 58.4 Å². The van der Waals surface area contributed by atoms with Crippen molar-refractivity contribution in [2.75, 3.05) is 6.54 Å². The van der Waals surface area contributed by atoms with Crippen molar-refractivity contribution in [3.63, 3.8) is 0 Å². The van der Waals surface area contributed by atoms with Crippen LogP contribution in [0.4, 0.5) is 4.39 Å². The molecule has 0 atom stereocenters. The molecule has 1 N–H and O–H groups in total. The molecule has 0 aliphatic carbocycles. The molecule has 0 spiro atoms. The van der Waals surface area contributed by atoms with Crippen molar-refractivity contribution in [2.45, 2.75) is 0 Å². The van der Waals surface area contributed by atoms with Crippen LogP contribution in [0.5, 0.6) is 5.75 Å². The summed E-state index contributed by atoms with van der Waals surface area (Å²) in [6.45, 7) is 0.453. The molecule has 3 heterocycles. The first-order valence-corrected chi connectivity index (χ1v) is 7.66. The molecule has 6 heteroatoms. The Balaban J connectivity index is 1.81.